The molecule has 0 saturated carbocycles. The molecule has 2 heterocycles. The molecule has 0 unspecified atom stereocenters. The number of nitrogens with zero attached hydrogens (tertiary/aromatic N) is 3. The predicted molar refractivity (Wildman–Crippen MR) is 138 cm³/mol. The van der Waals surface area contributed by atoms with Gasteiger partial charge in [0.15, 0.2) is 0 Å². The average molecular weight is 506 g/mol. The zero-order chi connectivity index (χ0) is 24.6. The fourth-order valence-electron chi connectivity index (χ4n) is 4.19. The summed E-state index contributed by atoms with van der Waals surface area (Å²) >= 11 is 6.66. The van der Waals surface area contributed by atoms with Crippen LogP contribution in [0.3, 0.4) is 0 Å². The fraction of sp³-hybridized carbons (Fsp3) is 0.185. The van der Waals surface area contributed by atoms with Gasteiger partial charge >= 0.3 is 0 Å². The summed E-state index contributed by atoms with van der Waals surface area (Å²) in [5.41, 5.74) is 3.95. The molecule has 0 saturated heterocycles. The Morgan fingerprint density at radius 2 is 1.77 bits per heavy atom. The van der Waals surface area contributed by atoms with Gasteiger partial charge in [-0.15, -0.1) is 0 Å². The molecule has 0 spiro atoms. The molecule has 35 heavy (non-hydrogen) atoms. The van der Waals surface area contributed by atoms with Crippen molar-refractivity contribution in [3.63, 3.8) is 0 Å². The number of hydrazone groups is 1. The number of pyridine rings is 1. The van der Waals surface area contributed by atoms with Gasteiger partial charge in [0.05, 0.1) is 28.8 Å². The van der Waals surface area contributed by atoms with Gasteiger partial charge in [-0.25, -0.2) is 4.98 Å². The molecule has 4 aromatic rings. The van der Waals surface area contributed by atoms with Crippen LogP contribution in [0.1, 0.15) is 36.1 Å². The third-order valence-electron chi connectivity index (χ3n) is 5.98. The van der Waals surface area contributed by atoms with Crippen molar-refractivity contribution in [2.45, 2.75) is 31.2 Å². The lowest BCUT2D eigenvalue weighted by molar-refractivity contribution is 0.340. The van der Waals surface area contributed by atoms with Crippen molar-refractivity contribution in [2.75, 3.05) is 6.61 Å². The number of aromatic nitrogens is 1. The molecule has 0 radical (unpaired) electrons. The molecule has 0 bridgehead atoms. The molecule has 1 aliphatic heterocycles. The first-order chi connectivity index (χ1) is 16.9. The van der Waals surface area contributed by atoms with Gasteiger partial charge in [-0.2, -0.15) is 17.9 Å². The highest BCUT2D eigenvalue weighted by atomic mass is 35.5. The maximum absolute atomic E-state index is 13.7. The number of ether oxygens (including phenoxy) is 1. The molecular weight excluding hydrogens is 482 g/mol. The minimum absolute atomic E-state index is 0.171. The predicted octanol–water partition coefficient (Wildman–Crippen LogP) is 6.14. The van der Waals surface area contributed by atoms with Crippen molar-refractivity contribution in [2.24, 2.45) is 5.10 Å². The zero-order valence-electron chi connectivity index (χ0n) is 19.3. The smallest absolute Gasteiger partial charge is 0.279 e. The van der Waals surface area contributed by atoms with Gasteiger partial charge in [-0.1, -0.05) is 59.6 Å². The SMILES string of the molecule is CCOc1ccc2cc([C@H]3CC(c4ccc(C)cc4)=NN3S(=O)(=O)c3ccccc3)c(Cl)nc2c1. The Kier molecular flexibility index (Phi) is 6.21. The van der Waals surface area contributed by atoms with Crippen molar-refractivity contribution in [1.82, 2.24) is 9.40 Å². The topological polar surface area (TPSA) is 71.9 Å². The molecule has 0 fully saturated rings. The van der Waals surface area contributed by atoms with Crippen LogP contribution in [-0.4, -0.2) is 30.1 Å². The molecule has 178 valence electrons. The summed E-state index contributed by atoms with van der Waals surface area (Å²) in [5, 5.41) is 5.69. The molecule has 5 rings (SSSR count). The largest absolute Gasteiger partial charge is 0.494 e. The van der Waals surface area contributed by atoms with Crippen molar-refractivity contribution in [3.8, 4) is 5.75 Å². The number of sulfonamides is 1. The average Bonchev–Trinajstić information content (AvgIpc) is 3.31. The molecule has 0 amide bonds. The van der Waals surface area contributed by atoms with Gasteiger partial charge < -0.3 is 4.74 Å². The summed E-state index contributed by atoms with van der Waals surface area (Å²) in [7, 11) is -3.93. The first-order valence-electron chi connectivity index (χ1n) is 11.3. The maximum Gasteiger partial charge on any atom is 0.279 e. The van der Waals surface area contributed by atoms with E-state index in [2.05, 4.69) is 10.1 Å². The van der Waals surface area contributed by atoms with Gasteiger partial charge in [0.25, 0.3) is 10.0 Å². The lowest BCUT2D eigenvalue weighted by Crippen LogP contribution is -2.27. The molecule has 1 atom stereocenters. The number of hydrogen-bond donors (Lipinski definition) is 0. The fourth-order valence-corrected chi connectivity index (χ4v) is 5.91. The van der Waals surface area contributed by atoms with Crippen LogP contribution >= 0.6 is 11.6 Å². The number of rotatable bonds is 6. The minimum atomic E-state index is -3.93. The normalized spacial score (nSPS) is 15.9. The van der Waals surface area contributed by atoms with E-state index in [-0.39, 0.29) is 10.0 Å². The van der Waals surface area contributed by atoms with Crippen LogP contribution in [0, 0.1) is 6.92 Å². The standard InChI is InChI=1S/C27H24ClN3O3S/c1-3-34-21-14-13-20-15-23(27(28)29-24(20)16-21)26-17-25(19-11-9-18(2)10-12-19)30-31(26)35(32,33)22-7-5-4-6-8-22/h4-16,26H,3,17H2,1-2H3/t26-/m1/s1. The zero-order valence-corrected chi connectivity index (χ0v) is 20.9. The molecule has 8 heteroatoms. The van der Waals surface area contributed by atoms with Crippen molar-refractivity contribution < 1.29 is 13.2 Å². The van der Waals surface area contributed by atoms with E-state index in [0.717, 1.165) is 16.5 Å². The molecule has 3 aromatic carbocycles. The van der Waals surface area contributed by atoms with Gasteiger partial charge in [0.1, 0.15) is 10.9 Å². The number of hydrogen-bond acceptors (Lipinski definition) is 5. The number of aryl methyl sites for hydroxylation is 1. The second kappa shape index (κ2) is 9.32. The van der Waals surface area contributed by atoms with E-state index in [1.807, 2.05) is 62.4 Å². The van der Waals surface area contributed by atoms with E-state index in [1.165, 1.54) is 4.41 Å². The highest BCUT2D eigenvalue weighted by Crippen LogP contribution is 2.40. The summed E-state index contributed by atoms with van der Waals surface area (Å²) in [6.45, 7) is 4.47. The quantitative estimate of drug-likeness (QED) is 0.295. The summed E-state index contributed by atoms with van der Waals surface area (Å²) in [5.74, 6) is 0.704. The van der Waals surface area contributed by atoms with E-state index in [0.29, 0.717) is 35.6 Å². The second-order valence-corrected chi connectivity index (χ2v) is 10.5. The Morgan fingerprint density at radius 3 is 2.49 bits per heavy atom. The Hall–Kier alpha value is -3.42. The Bertz CT molecular complexity index is 1520. The van der Waals surface area contributed by atoms with Crippen LogP contribution in [-0.2, 0) is 10.0 Å². The van der Waals surface area contributed by atoms with Crippen LogP contribution in [0.25, 0.3) is 10.9 Å². The van der Waals surface area contributed by atoms with Gasteiger partial charge in [-0.05, 0) is 49.7 Å². The third-order valence-corrected chi connectivity index (χ3v) is 7.98. The first-order valence-corrected chi connectivity index (χ1v) is 13.2. The van der Waals surface area contributed by atoms with Crippen LogP contribution in [0.5, 0.6) is 5.75 Å². The summed E-state index contributed by atoms with van der Waals surface area (Å²) in [6.07, 6.45) is 0.374. The Balaban J connectivity index is 1.62. The molecule has 1 aromatic heterocycles. The number of benzene rings is 3. The minimum Gasteiger partial charge on any atom is -0.494 e. The molecule has 6 nitrogen and oxygen atoms in total. The van der Waals surface area contributed by atoms with Crippen molar-refractivity contribution >= 4 is 38.2 Å². The highest BCUT2D eigenvalue weighted by molar-refractivity contribution is 7.89. The van der Waals surface area contributed by atoms with Crippen molar-refractivity contribution in [3.05, 3.63) is 101 Å². The van der Waals surface area contributed by atoms with Gasteiger partial charge in [0, 0.05) is 23.4 Å². The van der Waals surface area contributed by atoms with Crippen LogP contribution in [0.4, 0.5) is 0 Å². The molecular formula is C27H24ClN3O3S. The first kappa shape index (κ1) is 23.3. The Morgan fingerprint density at radius 1 is 1.03 bits per heavy atom. The van der Waals surface area contributed by atoms with Crippen molar-refractivity contribution in [1.29, 1.82) is 0 Å². The maximum atomic E-state index is 13.7. The van der Waals surface area contributed by atoms with E-state index >= 15 is 0 Å². The lowest BCUT2D eigenvalue weighted by Gasteiger charge is -2.24. The molecule has 1 aliphatic rings. The van der Waals surface area contributed by atoms with E-state index in [1.54, 1.807) is 30.3 Å². The number of halogens is 1. The van der Waals surface area contributed by atoms with E-state index in [9.17, 15) is 8.42 Å². The van der Waals surface area contributed by atoms with Crippen LogP contribution in [0.2, 0.25) is 5.15 Å². The number of fused-ring (bicyclic) bond motifs is 1. The molecule has 0 N–H and O–H groups in total. The van der Waals surface area contributed by atoms with E-state index < -0.39 is 16.1 Å². The highest BCUT2D eigenvalue weighted by Gasteiger charge is 2.39. The van der Waals surface area contributed by atoms with Gasteiger partial charge in [0.2, 0.25) is 0 Å². The Labute approximate surface area is 209 Å². The lowest BCUT2D eigenvalue weighted by atomic mass is 9.98. The van der Waals surface area contributed by atoms with Gasteiger partial charge in [-0.3, -0.25) is 0 Å². The monoisotopic (exact) mass is 505 g/mol. The van der Waals surface area contributed by atoms with Crippen LogP contribution < -0.4 is 4.74 Å². The van der Waals surface area contributed by atoms with Crippen LogP contribution in [0.15, 0.2) is 88.9 Å². The van der Waals surface area contributed by atoms with E-state index in [4.69, 9.17) is 16.3 Å². The summed E-state index contributed by atoms with van der Waals surface area (Å²) < 4.78 is 34.1. The summed E-state index contributed by atoms with van der Waals surface area (Å²) in [6, 6.07) is 23.1. The summed E-state index contributed by atoms with van der Waals surface area (Å²) in [4.78, 5) is 4.75. The molecule has 0 aliphatic carbocycles. The second-order valence-electron chi connectivity index (χ2n) is 8.38. The third kappa shape index (κ3) is 4.49.